The van der Waals surface area contributed by atoms with E-state index in [1.165, 1.54) is 19.1 Å². The summed E-state index contributed by atoms with van der Waals surface area (Å²) in [6, 6.07) is 14.5. The number of pyridine rings is 1. The molecule has 1 heterocycles. The Morgan fingerprint density at radius 3 is 2.35 bits per heavy atom. The van der Waals surface area contributed by atoms with Gasteiger partial charge < -0.3 is 5.73 Å². The number of nitrogens with zero attached hydrogens (tertiary/aromatic N) is 1. The first kappa shape index (κ1) is 17.5. The topological polar surface area (TPSA) is 73.1 Å². The molecule has 2 aromatic carbocycles. The van der Waals surface area contributed by atoms with Crippen LogP contribution in [0.15, 0.2) is 67.0 Å². The second-order valence-electron chi connectivity index (χ2n) is 6.01. The lowest BCUT2D eigenvalue weighted by molar-refractivity contribution is -0.117. The summed E-state index contributed by atoms with van der Waals surface area (Å²) in [6.45, 7) is 1.50. The molecule has 130 valence electrons. The molecule has 1 unspecified atom stereocenters. The fourth-order valence-electron chi connectivity index (χ4n) is 3.04. The Labute approximate surface area is 150 Å². The number of primary amides is 1. The monoisotopic (exact) mass is 348 g/mol. The zero-order valence-corrected chi connectivity index (χ0v) is 14.1. The van der Waals surface area contributed by atoms with Crippen molar-refractivity contribution in [2.45, 2.75) is 12.8 Å². The molecule has 1 atom stereocenters. The molecule has 0 fully saturated rings. The van der Waals surface area contributed by atoms with Crippen molar-refractivity contribution in [3.8, 4) is 11.1 Å². The van der Waals surface area contributed by atoms with Gasteiger partial charge in [-0.25, -0.2) is 4.39 Å². The van der Waals surface area contributed by atoms with Crippen LogP contribution in [-0.4, -0.2) is 16.7 Å². The van der Waals surface area contributed by atoms with Crippen LogP contribution in [0.2, 0.25) is 0 Å². The third-order valence-corrected chi connectivity index (χ3v) is 4.22. The van der Waals surface area contributed by atoms with Crippen LogP contribution in [0.3, 0.4) is 0 Å². The van der Waals surface area contributed by atoms with E-state index in [0.717, 1.165) is 5.56 Å². The fourth-order valence-corrected chi connectivity index (χ4v) is 3.04. The number of rotatable bonds is 5. The summed E-state index contributed by atoms with van der Waals surface area (Å²) in [5, 5.41) is 0. The molecule has 0 radical (unpaired) electrons. The molecule has 26 heavy (non-hydrogen) atoms. The zero-order valence-electron chi connectivity index (χ0n) is 14.1. The largest absolute Gasteiger partial charge is 0.366 e. The van der Waals surface area contributed by atoms with Gasteiger partial charge in [0.05, 0.1) is 5.92 Å². The van der Waals surface area contributed by atoms with Gasteiger partial charge in [0, 0.05) is 18.0 Å². The van der Waals surface area contributed by atoms with Crippen molar-refractivity contribution < 1.29 is 14.0 Å². The first-order valence-electron chi connectivity index (χ1n) is 8.07. The van der Waals surface area contributed by atoms with Gasteiger partial charge in [-0.05, 0) is 53.4 Å². The number of ketones is 1. The maximum absolute atomic E-state index is 13.2. The summed E-state index contributed by atoms with van der Waals surface area (Å²) in [6.07, 6.45) is 3.26. The molecule has 0 spiro atoms. The van der Waals surface area contributed by atoms with Crippen LogP contribution in [0.5, 0.6) is 0 Å². The lowest BCUT2D eigenvalue weighted by Gasteiger charge is -2.17. The third-order valence-electron chi connectivity index (χ3n) is 4.22. The number of benzene rings is 2. The van der Waals surface area contributed by atoms with Crippen molar-refractivity contribution in [3.63, 3.8) is 0 Å². The van der Waals surface area contributed by atoms with Crippen LogP contribution >= 0.6 is 0 Å². The van der Waals surface area contributed by atoms with Crippen molar-refractivity contribution in [2.24, 2.45) is 5.73 Å². The van der Waals surface area contributed by atoms with E-state index in [1.54, 1.807) is 48.8 Å². The highest BCUT2D eigenvalue weighted by molar-refractivity contribution is 6.00. The van der Waals surface area contributed by atoms with Gasteiger partial charge in [0.25, 0.3) is 0 Å². The van der Waals surface area contributed by atoms with E-state index < -0.39 is 11.8 Å². The van der Waals surface area contributed by atoms with Crippen LogP contribution in [0.1, 0.15) is 34.3 Å². The number of halogens is 1. The van der Waals surface area contributed by atoms with E-state index in [-0.39, 0.29) is 17.2 Å². The first-order chi connectivity index (χ1) is 12.5. The zero-order chi connectivity index (χ0) is 18.7. The van der Waals surface area contributed by atoms with Gasteiger partial charge in [-0.3, -0.25) is 14.6 Å². The number of hydrogen-bond donors (Lipinski definition) is 1. The van der Waals surface area contributed by atoms with Gasteiger partial charge in [0.2, 0.25) is 5.91 Å². The van der Waals surface area contributed by atoms with E-state index in [2.05, 4.69) is 4.98 Å². The Bertz CT molecular complexity index is 954. The lowest BCUT2D eigenvalue weighted by atomic mass is 9.86. The molecule has 3 aromatic rings. The molecule has 4 nitrogen and oxygen atoms in total. The predicted octanol–water partition coefficient (Wildman–Crippen LogP) is 3.71. The molecule has 1 amide bonds. The minimum absolute atomic E-state index is 0.0667. The molecule has 0 bridgehead atoms. The quantitative estimate of drug-likeness (QED) is 0.764. The van der Waals surface area contributed by atoms with Crippen molar-refractivity contribution in [3.05, 3.63) is 89.5 Å². The van der Waals surface area contributed by atoms with E-state index in [4.69, 9.17) is 5.73 Å². The summed E-state index contributed by atoms with van der Waals surface area (Å²) < 4.78 is 13.2. The van der Waals surface area contributed by atoms with Crippen molar-refractivity contribution >= 4 is 11.7 Å². The molecule has 1 aromatic heterocycles. The van der Waals surface area contributed by atoms with Gasteiger partial charge >= 0.3 is 0 Å². The molecule has 0 saturated carbocycles. The standard InChI is InChI=1S/C21H17FN2O2/c1-13(25)20(16-3-2-10-24-12-16)15-6-9-18(19(11-15)21(23)26)14-4-7-17(22)8-5-14/h2-12,20H,1H3,(H2,23,26). The molecular formula is C21H17FN2O2. The summed E-state index contributed by atoms with van der Waals surface area (Å²) >= 11 is 0. The van der Waals surface area contributed by atoms with Crippen molar-refractivity contribution in [1.82, 2.24) is 4.98 Å². The molecule has 3 rings (SSSR count). The molecule has 0 aliphatic rings. The molecule has 5 heteroatoms. The van der Waals surface area contributed by atoms with Gasteiger partial charge in [0.15, 0.2) is 0 Å². The fraction of sp³-hybridized carbons (Fsp3) is 0.0952. The molecule has 2 N–H and O–H groups in total. The number of Topliss-reactive ketones (excluding diaryl/α,β-unsaturated/α-hetero) is 1. The highest BCUT2D eigenvalue weighted by Gasteiger charge is 2.22. The smallest absolute Gasteiger partial charge is 0.249 e. The number of nitrogens with two attached hydrogens (primary N) is 1. The van der Waals surface area contributed by atoms with Crippen LogP contribution in [-0.2, 0) is 4.79 Å². The number of carbonyl (C=O) groups excluding carboxylic acids is 2. The van der Waals surface area contributed by atoms with Gasteiger partial charge in [-0.1, -0.05) is 30.3 Å². The molecular weight excluding hydrogens is 331 g/mol. The maximum Gasteiger partial charge on any atom is 0.249 e. The Hall–Kier alpha value is -3.34. The third kappa shape index (κ3) is 3.52. The number of carbonyl (C=O) groups is 2. The average molecular weight is 348 g/mol. The highest BCUT2D eigenvalue weighted by Crippen LogP contribution is 2.31. The van der Waals surface area contributed by atoms with Crippen molar-refractivity contribution in [2.75, 3.05) is 0 Å². The minimum Gasteiger partial charge on any atom is -0.366 e. The molecule has 0 aliphatic heterocycles. The van der Waals surface area contributed by atoms with Crippen LogP contribution in [0, 0.1) is 5.82 Å². The van der Waals surface area contributed by atoms with Gasteiger partial charge in [-0.2, -0.15) is 0 Å². The predicted molar refractivity (Wildman–Crippen MR) is 97.1 cm³/mol. The minimum atomic E-state index is -0.611. The number of hydrogen-bond acceptors (Lipinski definition) is 3. The van der Waals surface area contributed by atoms with E-state index in [1.807, 2.05) is 6.07 Å². The second kappa shape index (κ2) is 7.27. The van der Waals surface area contributed by atoms with Crippen LogP contribution in [0.4, 0.5) is 4.39 Å². The Balaban J connectivity index is 2.12. The van der Waals surface area contributed by atoms with Gasteiger partial charge in [-0.15, -0.1) is 0 Å². The van der Waals surface area contributed by atoms with Crippen molar-refractivity contribution in [1.29, 1.82) is 0 Å². The van der Waals surface area contributed by atoms with Crippen LogP contribution in [0.25, 0.3) is 11.1 Å². The average Bonchev–Trinajstić information content (AvgIpc) is 2.63. The van der Waals surface area contributed by atoms with E-state index in [0.29, 0.717) is 16.7 Å². The summed E-state index contributed by atoms with van der Waals surface area (Å²) in [5.74, 6) is -1.58. The number of amides is 1. The highest BCUT2D eigenvalue weighted by atomic mass is 19.1. The normalized spacial score (nSPS) is 11.8. The SMILES string of the molecule is CC(=O)C(c1cccnc1)c1ccc(-c2ccc(F)cc2)c(C(N)=O)c1. The summed E-state index contributed by atoms with van der Waals surface area (Å²) in [5.41, 5.74) is 8.50. The van der Waals surface area contributed by atoms with Gasteiger partial charge in [0.1, 0.15) is 11.6 Å². The Morgan fingerprint density at radius 1 is 1.04 bits per heavy atom. The summed E-state index contributed by atoms with van der Waals surface area (Å²) in [7, 11) is 0. The van der Waals surface area contributed by atoms with E-state index in [9.17, 15) is 14.0 Å². The summed E-state index contributed by atoms with van der Waals surface area (Å²) in [4.78, 5) is 28.3. The Kier molecular flexibility index (Phi) is 4.89. The Morgan fingerprint density at radius 2 is 1.77 bits per heavy atom. The van der Waals surface area contributed by atoms with E-state index >= 15 is 0 Å². The van der Waals surface area contributed by atoms with Crippen LogP contribution < -0.4 is 5.73 Å². The molecule has 0 aliphatic carbocycles. The first-order valence-corrected chi connectivity index (χ1v) is 8.07. The maximum atomic E-state index is 13.2. The molecule has 0 saturated heterocycles. The lowest BCUT2D eigenvalue weighted by Crippen LogP contribution is -2.16. The number of aromatic nitrogens is 1. The second-order valence-corrected chi connectivity index (χ2v) is 6.01.